The summed E-state index contributed by atoms with van der Waals surface area (Å²) in [4.78, 5) is 32.3. The Morgan fingerprint density at radius 1 is 0.833 bits per heavy atom. The molecule has 0 spiro atoms. The first-order valence-corrected chi connectivity index (χ1v) is 15.0. The number of ether oxygens (including phenoxy) is 2. The molecule has 2 aliphatic heterocycles. The highest BCUT2D eigenvalue weighted by Gasteiger charge is 2.36. The molecule has 0 atom stereocenters. The van der Waals surface area contributed by atoms with E-state index in [1.54, 1.807) is 66.7 Å². The highest BCUT2D eigenvalue weighted by atomic mass is 32.2. The summed E-state index contributed by atoms with van der Waals surface area (Å²) in [5, 5.41) is 8.59. The normalized spacial score (nSPS) is 17.0. The number of imide groups is 1. The van der Waals surface area contributed by atoms with Gasteiger partial charge in [0.15, 0.2) is 0 Å². The van der Waals surface area contributed by atoms with E-state index in [9.17, 15) is 9.59 Å². The Hall–Kier alpha value is -4.10. The van der Waals surface area contributed by atoms with Crippen LogP contribution < -0.4 is 14.4 Å². The number of hydrogen-bond acceptors (Lipinski definition) is 8. The molecule has 0 radical (unpaired) electrons. The summed E-state index contributed by atoms with van der Waals surface area (Å²) in [7, 11) is 2.18. The monoisotopic (exact) mass is 582 g/mol. The topological polar surface area (TPSA) is 86.1 Å². The van der Waals surface area contributed by atoms with Crippen LogP contribution in [-0.2, 0) is 4.79 Å². The Labute approximate surface area is 251 Å². The van der Waals surface area contributed by atoms with E-state index in [-0.39, 0.29) is 11.1 Å². The van der Waals surface area contributed by atoms with Gasteiger partial charge in [-0.15, -0.1) is 0 Å². The molecule has 0 bridgehead atoms. The fourth-order valence-electron chi connectivity index (χ4n) is 4.77. The molecule has 0 aliphatic carbocycles. The molecule has 216 valence electrons. The number of benzene rings is 3. The van der Waals surface area contributed by atoms with Gasteiger partial charge in [0.05, 0.1) is 28.8 Å². The summed E-state index contributed by atoms with van der Waals surface area (Å²) < 4.78 is 11.7. The number of hydrogen-bond donors (Lipinski definition) is 0. The number of rotatable bonds is 11. The van der Waals surface area contributed by atoms with E-state index in [0.29, 0.717) is 34.3 Å². The highest BCUT2D eigenvalue weighted by Crippen LogP contribution is 2.36. The summed E-state index contributed by atoms with van der Waals surface area (Å²) in [5.74, 6) is 1.62. The van der Waals surface area contributed by atoms with E-state index >= 15 is 0 Å². The first kappa shape index (κ1) is 29.4. The molecule has 5 rings (SSSR count). The summed E-state index contributed by atoms with van der Waals surface area (Å²) in [6.07, 6.45) is 5.00. The van der Waals surface area contributed by atoms with Crippen molar-refractivity contribution in [2.24, 2.45) is 0 Å². The lowest BCUT2D eigenvalue weighted by Gasteiger charge is -2.32. The first-order valence-electron chi connectivity index (χ1n) is 14.2. The second-order valence-corrected chi connectivity index (χ2v) is 11.4. The first-order chi connectivity index (χ1) is 20.5. The maximum Gasteiger partial charge on any atom is 0.298 e. The van der Waals surface area contributed by atoms with Gasteiger partial charge in [0.1, 0.15) is 17.2 Å². The fourth-order valence-corrected chi connectivity index (χ4v) is 5.62. The quantitative estimate of drug-likeness (QED) is 0.190. The van der Waals surface area contributed by atoms with Gasteiger partial charge in [0, 0.05) is 26.2 Å². The summed E-state index contributed by atoms with van der Waals surface area (Å²) in [5.41, 5.74) is 1.86. The number of unbranched alkanes of at least 4 members (excludes halogenated alkanes) is 2. The van der Waals surface area contributed by atoms with Crippen molar-refractivity contribution in [1.29, 1.82) is 5.26 Å². The summed E-state index contributed by atoms with van der Waals surface area (Å²) >= 11 is 0.922. The average molecular weight is 583 g/mol. The number of carbonyl (C=O) groups excluding carboxylic acids is 2. The van der Waals surface area contributed by atoms with Crippen LogP contribution in [0.3, 0.4) is 0 Å². The Morgan fingerprint density at radius 2 is 1.48 bits per heavy atom. The predicted octanol–water partition coefficient (Wildman–Crippen LogP) is 6.39. The van der Waals surface area contributed by atoms with Crippen molar-refractivity contribution in [3.8, 4) is 23.3 Å². The largest absolute Gasteiger partial charge is 0.494 e. The van der Waals surface area contributed by atoms with Crippen molar-refractivity contribution >= 4 is 34.7 Å². The fraction of sp³-hybridized carbons (Fsp3) is 0.303. The maximum absolute atomic E-state index is 13.1. The van der Waals surface area contributed by atoms with Crippen LogP contribution in [0.4, 0.5) is 10.5 Å². The van der Waals surface area contributed by atoms with Crippen LogP contribution in [0.1, 0.15) is 30.4 Å². The molecule has 2 fully saturated rings. The molecule has 0 aromatic heterocycles. The lowest BCUT2D eigenvalue weighted by Crippen LogP contribution is -2.44. The molecule has 3 aromatic rings. The van der Waals surface area contributed by atoms with Crippen molar-refractivity contribution in [3.05, 3.63) is 88.8 Å². The molecule has 0 unspecified atom stereocenters. The van der Waals surface area contributed by atoms with Crippen molar-refractivity contribution < 1.29 is 19.1 Å². The van der Waals surface area contributed by atoms with Crippen molar-refractivity contribution in [3.63, 3.8) is 0 Å². The van der Waals surface area contributed by atoms with Crippen molar-refractivity contribution in [1.82, 2.24) is 9.80 Å². The number of nitrogens with zero attached hydrogens (tertiary/aromatic N) is 4. The Bertz CT molecular complexity index is 1440. The zero-order valence-corrected chi connectivity index (χ0v) is 24.5. The summed E-state index contributed by atoms with van der Waals surface area (Å²) in [6, 6.07) is 23.3. The van der Waals surface area contributed by atoms with E-state index in [1.165, 1.54) is 11.3 Å². The number of thioether (sulfide) groups is 1. The molecular weight excluding hydrogens is 548 g/mol. The number of likely N-dealkylation sites (N-methyl/N-ethyl adjacent to an activating group) is 1. The molecule has 3 aromatic carbocycles. The van der Waals surface area contributed by atoms with E-state index in [0.717, 1.165) is 68.6 Å². The Morgan fingerprint density at radius 3 is 2.14 bits per heavy atom. The van der Waals surface area contributed by atoms with Crippen LogP contribution in [0, 0.1) is 11.3 Å². The third kappa shape index (κ3) is 7.79. The van der Waals surface area contributed by atoms with Gasteiger partial charge in [0.25, 0.3) is 11.1 Å². The van der Waals surface area contributed by atoms with Crippen LogP contribution in [0.25, 0.3) is 6.08 Å². The van der Waals surface area contributed by atoms with Crippen molar-refractivity contribution in [2.75, 3.05) is 51.3 Å². The maximum atomic E-state index is 13.1. The molecule has 0 saturated carbocycles. The molecule has 2 heterocycles. The van der Waals surface area contributed by atoms with E-state index in [2.05, 4.69) is 22.9 Å². The highest BCUT2D eigenvalue weighted by molar-refractivity contribution is 8.19. The molecule has 2 saturated heterocycles. The van der Waals surface area contributed by atoms with E-state index < -0.39 is 0 Å². The molecule has 2 aliphatic rings. The Kier molecular flexibility index (Phi) is 9.93. The van der Waals surface area contributed by atoms with Gasteiger partial charge in [-0.3, -0.25) is 9.59 Å². The number of piperazine rings is 1. The standard InChI is InChI=1S/C33H34N4O4S/c1-35-18-20-36(21-19-35)17-3-2-4-22-40-28-15-9-27(10-16-28)37-32(38)31(42-33(37)39)23-25-5-11-29(12-6-25)41-30-13-7-26(24-34)8-14-30/h5-16,23H,2-4,17-22H2,1H3/b31-23-. The minimum atomic E-state index is -0.350. The van der Waals surface area contributed by atoms with Gasteiger partial charge in [0.2, 0.25) is 0 Å². The van der Waals surface area contributed by atoms with Gasteiger partial charge in [-0.25, -0.2) is 4.90 Å². The molecular formula is C33H34N4O4S. The van der Waals surface area contributed by atoms with Gasteiger partial charge >= 0.3 is 0 Å². The molecule has 9 heteroatoms. The van der Waals surface area contributed by atoms with E-state index in [1.807, 2.05) is 12.1 Å². The zero-order chi connectivity index (χ0) is 29.3. The van der Waals surface area contributed by atoms with Crippen LogP contribution >= 0.6 is 11.8 Å². The number of amides is 2. The lowest BCUT2D eigenvalue weighted by molar-refractivity contribution is -0.113. The molecule has 42 heavy (non-hydrogen) atoms. The molecule has 2 amide bonds. The smallest absolute Gasteiger partial charge is 0.298 e. The third-order valence-electron chi connectivity index (χ3n) is 7.27. The van der Waals surface area contributed by atoms with Crippen LogP contribution in [0.2, 0.25) is 0 Å². The summed E-state index contributed by atoms with van der Waals surface area (Å²) in [6.45, 7) is 6.40. The van der Waals surface area contributed by atoms with Crippen molar-refractivity contribution in [2.45, 2.75) is 19.3 Å². The lowest BCUT2D eigenvalue weighted by atomic mass is 10.2. The second kappa shape index (κ2) is 14.2. The SMILES string of the molecule is CN1CCN(CCCCCOc2ccc(N3C(=O)S/C(=C\c4ccc(Oc5ccc(C#N)cc5)cc4)C3=O)cc2)CC1. The zero-order valence-electron chi connectivity index (χ0n) is 23.7. The predicted molar refractivity (Wildman–Crippen MR) is 166 cm³/mol. The van der Waals surface area contributed by atoms with Crippen LogP contribution in [0.15, 0.2) is 77.7 Å². The number of carbonyl (C=O) groups is 2. The van der Waals surface area contributed by atoms with Gasteiger partial charge < -0.3 is 19.3 Å². The second-order valence-electron chi connectivity index (χ2n) is 10.4. The third-order valence-corrected chi connectivity index (χ3v) is 8.14. The Balaban J connectivity index is 1.09. The minimum Gasteiger partial charge on any atom is -0.494 e. The van der Waals surface area contributed by atoms with Crippen LogP contribution in [-0.4, -0.2) is 67.3 Å². The van der Waals surface area contributed by atoms with Gasteiger partial charge in [-0.05, 0) is 117 Å². The molecule has 8 nitrogen and oxygen atoms in total. The van der Waals surface area contributed by atoms with Gasteiger partial charge in [-0.2, -0.15) is 5.26 Å². The number of nitriles is 1. The minimum absolute atomic E-state index is 0.332. The van der Waals surface area contributed by atoms with Crippen LogP contribution in [0.5, 0.6) is 17.2 Å². The molecule has 0 N–H and O–H groups in total. The van der Waals surface area contributed by atoms with Gasteiger partial charge in [-0.1, -0.05) is 12.1 Å². The average Bonchev–Trinajstić information content (AvgIpc) is 3.29. The number of anilines is 1. The van der Waals surface area contributed by atoms with E-state index in [4.69, 9.17) is 14.7 Å².